The maximum absolute atomic E-state index is 12.3. The summed E-state index contributed by atoms with van der Waals surface area (Å²) in [7, 11) is 1.87. The summed E-state index contributed by atoms with van der Waals surface area (Å²) in [5.74, 6) is -0.834. The molecule has 3 heterocycles. The first kappa shape index (κ1) is 15.8. The van der Waals surface area contributed by atoms with Gasteiger partial charge in [-0.05, 0) is 18.9 Å². The minimum atomic E-state index is -0.405. The number of fused-ring (bicyclic) bond motifs is 1. The summed E-state index contributed by atoms with van der Waals surface area (Å²) in [6, 6.07) is 5.96. The molecule has 0 aliphatic carbocycles. The zero-order valence-electron chi connectivity index (χ0n) is 14.1. The second-order valence-corrected chi connectivity index (χ2v) is 6.82. The molecule has 4 rings (SSSR count). The van der Waals surface area contributed by atoms with Crippen LogP contribution in [0.1, 0.15) is 30.9 Å². The van der Waals surface area contributed by atoms with Crippen molar-refractivity contribution in [2.75, 3.05) is 18.0 Å². The van der Waals surface area contributed by atoms with Crippen LogP contribution in [0.4, 0.5) is 5.69 Å². The van der Waals surface area contributed by atoms with Crippen LogP contribution in [0.5, 0.6) is 0 Å². The summed E-state index contributed by atoms with van der Waals surface area (Å²) in [5, 5.41) is 7.95. The summed E-state index contributed by atoms with van der Waals surface area (Å²) in [6.07, 6.45) is 2.70. The van der Waals surface area contributed by atoms with E-state index in [0.717, 1.165) is 41.5 Å². The molecule has 2 amide bonds. The van der Waals surface area contributed by atoms with E-state index in [4.69, 9.17) is 0 Å². The number of rotatable bonds is 3. The van der Waals surface area contributed by atoms with E-state index in [1.807, 2.05) is 25.2 Å². The quantitative estimate of drug-likeness (QED) is 0.669. The van der Waals surface area contributed by atoms with E-state index in [1.165, 1.54) is 0 Å². The summed E-state index contributed by atoms with van der Waals surface area (Å²) >= 11 is 0. The van der Waals surface area contributed by atoms with Crippen LogP contribution in [-0.2, 0) is 21.4 Å². The van der Waals surface area contributed by atoms with Gasteiger partial charge in [0.15, 0.2) is 0 Å². The molecule has 2 aromatic rings. The van der Waals surface area contributed by atoms with Gasteiger partial charge in [-0.15, -0.1) is 0 Å². The van der Waals surface area contributed by atoms with Crippen molar-refractivity contribution >= 4 is 34.7 Å². The van der Waals surface area contributed by atoms with Crippen LogP contribution in [0.25, 0.3) is 10.9 Å². The summed E-state index contributed by atoms with van der Waals surface area (Å²) in [6.45, 7) is 1.54. The summed E-state index contributed by atoms with van der Waals surface area (Å²) < 4.78 is 1.80. The molecular weight excluding hydrogens is 320 g/mol. The Morgan fingerprint density at radius 1 is 1.28 bits per heavy atom. The highest BCUT2D eigenvalue weighted by molar-refractivity contribution is 6.03. The van der Waals surface area contributed by atoms with Crippen molar-refractivity contribution in [3.05, 3.63) is 23.9 Å². The number of aldehydes is 1. The van der Waals surface area contributed by atoms with Crippen molar-refractivity contribution in [1.82, 2.24) is 15.1 Å². The van der Waals surface area contributed by atoms with Crippen molar-refractivity contribution in [2.24, 2.45) is 13.0 Å². The summed E-state index contributed by atoms with van der Waals surface area (Å²) in [5.41, 5.74) is 2.72. The monoisotopic (exact) mass is 340 g/mol. The summed E-state index contributed by atoms with van der Waals surface area (Å²) in [4.78, 5) is 36.9. The molecule has 2 saturated heterocycles. The highest BCUT2D eigenvalue weighted by Crippen LogP contribution is 2.36. The molecule has 2 aliphatic heterocycles. The van der Waals surface area contributed by atoms with E-state index in [1.54, 1.807) is 4.68 Å². The normalized spacial score (nSPS) is 24.0. The van der Waals surface area contributed by atoms with Gasteiger partial charge in [0.25, 0.3) is 0 Å². The maximum Gasteiger partial charge on any atom is 0.235 e. The average molecular weight is 340 g/mol. The number of hydrogen-bond donors (Lipinski definition) is 1. The molecule has 25 heavy (non-hydrogen) atoms. The lowest BCUT2D eigenvalue weighted by Gasteiger charge is -2.20. The lowest BCUT2D eigenvalue weighted by Crippen LogP contribution is -2.39. The number of hydrogen-bond acceptors (Lipinski definition) is 5. The number of amides is 2. The van der Waals surface area contributed by atoms with Gasteiger partial charge in [0.1, 0.15) is 6.29 Å². The van der Waals surface area contributed by atoms with Gasteiger partial charge in [0.05, 0.1) is 22.8 Å². The van der Waals surface area contributed by atoms with E-state index in [9.17, 15) is 14.4 Å². The first-order valence-corrected chi connectivity index (χ1v) is 8.58. The number of nitrogens with one attached hydrogen (secondary N) is 1. The van der Waals surface area contributed by atoms with E-state index in [2.05, 4.69) is 15.3 Å². The van der Waals surface area contributed by atoms with Gasteiger partial charge in [0.2, 0.25) is 11.8 Å². The second-order valence-electron chi connectivity index (χ2n) is 6.82. The zero-order chi connectivity index (χ0) is 17.6. The number of benzene rings is 1. The maximum atomic E-state index is 12.3. The fourth-order valence-corrected chi connectivity index (χ4v) is 3.93. The Balaban J connectivity index is 1.77. The Labute approximate surface area is 145 Å². The molecule has 2 fully saturated rings. The number of carbonyl (C=O) groups is 3. The molecule has 7 nitrogen and oxygen atoms in total. The number of para-hydroxylation sites is 1. The molecule has 7 heteroatoms. The fourth-order valence-electron chi connectivity index (χ4n) is 3.93. The first-order chi connectivity index (χ1) is 12.1. The van der Waals surface area contributed by atoms with Crippen molar-refractivity contribution in [3.63, 3.8) is 0 Å². The van der Waals surface area contributed by atoms with Crippen LogP contribution in [0.3, 0.4) is 0 Å². The molecule has 2 atom stereocenters. The predicted molar refractivity (Wildman–Crippen MR) is 92.2 cm³/mol. The third kappa shape index (κ3) is 2.59. The van der Waals surface area contributed by atoms with Crippen molar-refractivity contribution in [2.45, 2.75) is 25.2 Å². The van der Waals surface area contributed by atoms with Gasteiger partial charge in [-0.2, -0.15) is 5.10 Å². The molecule has 130 valence electrons. The fraction of sp³-hybridized carbons (Fsp3) is 0.444. The molecule has 0 bridgehead atoms. The van der Waals surface area contributed by atoms with E-state index in [-0.39, 0.29) is 17.7 Å². The Morgan fingerprint density at radius 2 is 2.12 bits per heavy atom. The largest absolute Gasteiger partial charge is 0.369 e. The highest BCUT2D eigenvalue weighted by Gasteiger charge is 2.32. The molecule has 0 spiro atoms. The van der Waals surface area contributed by atoms with Crippen LogP contribution in [-0.4, -0.2) is 41.0 Å². The molecule has 1 aromatic heterocycles. The number of aromatic nitrogens is 2. The van der Waals surface area contributed by atoms with Crippen molar-refractivity contribution in [3.8, 4) is 0 Å². The Bertz CT molecular complexity index is 873. The molecule has 2 unspecified atom stereocenters. The van der Waals surface area contributed by atoms with Gasteiger partial charge < -0.3 is 9.69 Å². The van der Waals surface area contributed by atoms with Crippen LogP contribution in [0.15, 0.2) is 18.2 Å². The van der Waals surface area contributed by atoms with Crippen LogP contribution < -0.4 is 10.2 Å². The van der Waals surface area contributed by atoms with Crippen LogP contribution in [0, 0.1) is 5.92 Å². The number of carbonyl (C=O) groups excluding carboxylic acids is 3. The SMILES string of the molecule is Cn1nc(C2CCC(=O)NC2=O)c2cccc(N3CCC(C=O)C3)c21. The number of anilines is 1. The van der Waals surface area contributed by atoms with Crippen molar-refractivity contribution < 1.29 is 14.4 Å². The minimum absolute atomic E-state index is 0.0677. The Kier molecular flexibility index (Phi) is 3.78. The molecule has 0 saturated carbocycles. The molecule has 1 aromatic carbocycles. The lowest BCUT2D eigenvalue weighted by atomic mass is 9.92. The third-order valence-electron chi connectivity index (χ3n) is 5.20. The third-order valence-corrected chi connectivity index (χ3v) is 5.20. The first-order valence-electron chi connectivity index (χ1n) is 8.58. The van der Waals surface area contributed by atoms with Gasteiger partial charge in [-0.25, -0.2) is 0 Å². The van der Waals surface area contributed by atoms with Gasteiger partial charge >= 0.3 is 0 Å². The molecular formula is C18H20N4O3. The van der Waals surface area contributed by atoms with Crippen molar-refractivity contribution in [1.29, 1.82) is 0 Å². The van der Waals surface area contributed by atoms with Gasteiger partial charge in [0, 0.05) is 37.9 Å². The zero-order valence-corrected chi connectivity index (χ0v) is 14.1. The topological polar surface area (TPSA) is 84.3 Å². The Morgan fingerprint density at radius 3 is 2.84 bits per heavy atom. The number of aryl methyl sites for hydroxylation is 1. The van der Waals surface area contributed by atoms with E-state index >= 15 is 0 Å². The number of nitrogens with zero attached hydrogens (tertiary/aromatic N) is 3. The van der Waals surface area contributed by atoms with Gasteiger partial charge in [-0.3, -0.25) is 19.6 Å². The second kappa shape index (κ2) is 5.98. The molecule has 2 aliphatic rings. The molecule has 0 radical (unpaired) electrons. The minimum Gasteiger partial charge on any atom is -0.369 e. The van der Waals surface area contributed by atoms with E-state index < -0.39 is 5.92 Å². The predicted octanol–water partition coefficient (Wildman–Crippen LogP) is 1.12. The van der Waals surface area contributed by atoms with Crippen LogP contribution >= 0.6 is 0 Å². The number of piperidine rings is 1. The average Bonchev–Trinajstić information content (AvgIpc) is 3.20. The van der Waals surface area contributed by atoms with Gasteiger partial charge in [-0.1, -0.05) is 12.1 Å². The lowest BCUT2D eigenvalue weighted by molar-refractivity contribution is -0.134. The Hall–Kier alpha value is -2.70. The van der Waals surface area contributed by atoms with E-state index in [0.29, 0.717) is 19.4 Å². The van der Waals surface area contributed by atoms with Crippen LogP contribution in [0.2, 0.25) is 0 Å². The number of imide groups is 1. The smallest absolute Gasteiger partial charge is 0.235 e. The molecule has 1 N–H and O–H groups in total. The highest BCUT2D eigenvalue weighted by atomic mass is 16.2. The standard InChI is InChI=1S/C18H20N4O3/c1-21-17-12(16(20-21)13-5-6-15(24)19-18(13)25)3-2-4-14(17)22-8-7-11(9-22)10-23/h2-4,10-11,13H,5-9H2,1H3,(H,19,24,25).